The lowest BCUT2D eigenvalue weighted by molar-refractivity contribution is 0.0656. The second-order valence-electron chi connectivity index (χ2n) is 5.74. The molecule has 0 aliphatic carbocycles. The first-order valence-corrected chi connectivity index (χ1v) is 7.21. The van der Waals surface area contributed by atoms with Crippen LogP contribution in [0.3, 0.4) is 0 Å². The third-order valence-corrected chi connectivity index (χ3v) is 4.29. The number of likely N-dealkylation sites (N-methyl/N-ethyl adjacent to an activating group) is 1. The van der Waals surface area contributed by atoms with E-state index in [2.05, 4.69) is 44.7 Å². The third kappa shape index (κ3) is 3.06. The van der Waals surface area contributed by atoms with Crippen LogP contribution in [0.15, 0.2) is 24.3 Å². The molecule has 0 aromatic heterocycles. The molecule has 0 aliphatic rings. The van der Waals surface area contributed by atoms with Gasteiger partial charge in [0, 0.05) is 5.56 Å². The van der Waals surface area contributed by atoms with Gasteiger partial charge in [-0.3, -0.25) is 9.69 Å². The van der Waals surface area contributed by atoms with Crippen LogP contribution in [-0.4, -0.2) is 30.3 Å². The van der Waals surface area contributed by atoms with E-state index in [1.807, 2.05) is 26.2 Å². The van der Waals surface area contributed by atoms with Gasteiger partial charge in [0.25, 0.3) is 0 Å². The zero-order valence-corrected chi connectivity index (χ0v) is 13.2. The van der Waals surface area contributed by atoms with E-state index in [-0.39, 0.29) is 11.3 Å². The van der Waals surface area contributed by atoms with Gasteiger partial charge in [-0.25, -0.2) is 0 Å². The van der Waals surface area contributed by atoms with Crippen molar-refractivity contribution in [2.24, 2.45) is 0 Å². The molecule has 2 heteroatoms. The van der Waals surface area contributed by atoms with Crippen LogP contribution in [0.25, 0.3) is 0 Å². The van der Waals surface area contributed by atoms with E-state index in [0.717, 1.165) is 18.4 Å². The lowest BCUT2D eigenvalue weighted by Crippen LogP contribution is -2.50. The third-order valence-electron chi connectivity index (χ3n) is 4.29. The standard InChI is InChI=1S/C17H27NO/c1-7-17(8-2,18(5)6)16(19)15-11-9-14(10-12-15)13(3)4/h9-13H,7-8H2,1-6H3. The molecule has 0 atom stereocenters. The molecular formula is C17H27NO. The monoisotopic (exact) mass is 261 g/mol. The summed E-state index contributed by atoms with van der Waals surface area (Å²) in [5, 5.41) is 0. The largest absolute Gasteiger partial charge is 0.297 e. The SMILES string of the molecule is CCC(CC)(C(=O)c1ccc(C(C)C)cc1)N(C)C. The second kappa shape index (κ2) is 6.33. The highest BCUT2D eigenvalue weighted by atomic mass is 16.1. The topological polar surface area (TPSA) is 20.3 Å². The Kier molecular flexibility index (Phi) is 5.30. The zero-order valence-electron chi connectivity index (χ0n) is 13.2. The minimum absolute atomic E-state index is 0.234. The van der Waals surface area contributed by atoms with Crippen LogP contribution in [0.2, 0.25) is 0 Å². The van der Waals surface area contributed by atoms with E-state index in [1.165, 1.54) is 5.56 Å². The van der Waals surface area contributed by atoms with E-state index in [4.69, 9.17) is 0 Å². The number of hydrogen-bond donors (Lipinski definition) is 0. The second-order valence-corrected chi connectivity index (χ2v) is 5.74. The molecule has 0 amide bonds. The van der Waals surface area contributed by atoms with Crippen molar-refractivity contribution in [1.29, 1.82) is 0 Å². The maximum atomic E-state index is 12.8. The fourth-order valence-electron chi connectivity index (χ4n) is 2.69. The van der Waals surface area contributed by atoms with Gasteiger partial charge in [-0.2, -0.15) is 0 Å². The summed E-state index contributed by atoms with van der Waals surface area (Å²) in [6.45, 7) is 8.51. The molecule has 2 nitrogen and oxygen atoms in total. The number of hydrogen-bond acceptors (Lipinski definition) is 2. The van der Waals surface area contributed by atoms with Crippen LogP contribution in [0.4, 0.5) is 0 Å². The van der Waals surface area contributed by atoms with Crippen molar-refractivity contribution in [3.05, 3.63) is 35.4 Å². The van der Waals surface area contributed by atoms with Gasteiger partial charge in [-0.1, -0.05) is 52.0 Å². The van der Waals surface area contributed by atoms with Gasteiger partial charge in [0.2, 0.25) is 0 Å². The number of nitrogens with zero attached hydrogens (tertiary/aromatic N) is 1. The van der Waals surface area contributed by atoms with Crippen molar-refractivity contribution in [1.82, 2.24) is 4.90 Å². The normalized spacial score (nSPS) is 12.2. The number of carbonyl (C=O) groups excluding carboxylic acids is 1. The Morgan fingerprint density at radius 2 is 1.58 bits per heavy atom. The number of rotatable bonds is 6. The summed E-state index contributed by atoms with van der Waals surface area (Å²) in [4.78, 5) is 14.9. The quantitative estimate of drug-likeness (QED) is 0.718. The Morgan fingerprint density at radius 3 is 1.89 bits per heavy atom. The first-order chi connectivity index (χ1) is 8.89. The number of carbonyl (C=O) groups is 1. The van der Waals surface area contributed by atoms with Crippen LogP contribution < -0.4 is 0 Å². The van der Waals surface area contributed by atoms with Crippen LogP contribution >= 0.6 is 0 Å². The van der Waals surface area contributed by atoms with Crippen molar-refractivity contribution >= 4 is 5.78 Å². The minimum Gasteiger partial charge on any atom is -0.297 e. The molecule has 0 radical (unpaired) electrons. The van der Waals surface area contributed by atoms with Gasteiger partial charge in [0.05, 0.1) is 5.54 Å². The van der Waals surface area contributed by atoms with E-state index in [1.54, 1.807) is 0 Å². The molecule has 106 valence electrons. The maximum Gasteiger partial charge on any atom is 0.183 e. The Morgan fingerprint density at radius 1 is 1.11 bits per heavy atom. The number of Topliss-reactive ketones (excluding diaryl/α,β-unsaturated/α-hetero) is 1. The molecule has 0 saturated carbocycles. The number of ketones is 1. The van der Waals surface area contributed by atoms with Gasteiger partial charge in [-0.05, 0) is 38.4 Å². The highest BCUT2D eigenvalue weighted by Gasteiger charge is 2.37. The lowest BCUT2D eigenvalue weighted by atomic mass is 9.83. The molecule has 0 N–H and O–H groups in total. The van der Waals surface area contributed by atoms with Gasteiger partial charge in [0.15, 0.2) is 5.78 Å². The molecule has 0 bridgehead atoms. The van der Waals surface area contributed by atoms with Crippen molar-refractivity contribution in [2.75, 3.05) is 14.1 Å². The van der Waals surface area contributed by atoms with Crippen LogP contribution in [0, 0.1) is 0 Å². The van der Waals surface area contributed by atoms with E-state index >= 15 is 0 Å². The molecule has 0 heterocycles. The molecule has 1 aromatic rings. The van der Waals surface area contributed by atoms with Crippen molar-refractivity contribution in [3.8, 4) is 0 Å². The average Bonchev–Trinajstić information content (AvgIpc) is 2.40. The lowest BCUT2D eigenvalue weighted by Gasteiger charge is -2.37. The first-order valence-electron chi connectivity index (χ1n) is 7.21. The van der Waals surface area contributed by atoms with E-state index in [0.29, 0.717) is 5.92 Å². The van der Waals surface area contributed by atoms with E-state index in [9.17, 15) is 4.79 Å². The van der Waals surface area contributed by atoms with Crippen molar-refractivity contribution < 1.29 is 4.79 Å². The Hall–Kier alpha value is -1.15. The predicted molar refractivity (Wildman–Crippen MR) is 81.9 cm³/mol. The van der Waals surface area contributed by atoms with Crippen molar-refractivity contribution in [3.63, 3.8) is 0 Å². The Balaban J connectivity index is 3.10. The molecular weight excluding hydrogens is 234 g/mol. The molecule has 0 saturated heterocycles. The minimum atomic E-state index is -0.376. The van der Waals surface area contributed by atoms with Gasteiger partial charge < -0.3 is 0 Å². The molecule has 0 aliphatic heterocycles. The van der Waals surface area contributed by atoms with Gasteiger partial charge >= 0.3 is 0 Å². The van der Waals surface area contributed by atoms with Crippen LogP contribution in [0.1, 0.15) is 62.4 Å². The Bertz CT molecular complexity index is 413. The maximum absolute atomic E-state index is 12.8. The van der Waals surface area contributed by atoms with Gasteiger partial charge in [0.1, 0.15) is 0 Å². The molecule has 0 spiro atoms. The van der Waals surface area contributed by atoms with Crippen molar-refractivity contribution in [2.45, 2.75) is 52.0 Å². The summed E-state index contributed by atoms with van der Waals surface area (Å²) in [5.41, 5.74) is 1.72. The zero-order chi connectivity index (χ0) is 14.6. The summed E-state index contributed by atoms with van der Waals surface area (Å²) in [6.07, 6.45) is 1.67. The summed E-state index contributed by atoms with van der Waals surface area (Å²) >= 11 is 0. The molecule has 19 heavy (non-hydrogen) atoms. The molecule has 1 rings (SSSR count). The highest BCUT2D eigenvalue weighted by Crippen LogP contribution is 2.27. The fourth-order valence-corrected chi connectivity index (χ4v) is 2.69. The summed E-state index contributed by atoms with van der Waals surface area (Å²) in [6, 6.07) is 8.09. The summed E-state index contributed by atoms with van der Waals surface area (Å²) in [7, 11) is 3.99. The van der Waals surface area contributed by atoms with Gasteiger partial charge in [-0.15, -0.1) is 0 Å². The molecule has 0 fully saturated rings. The predicted octanol–water partition coefficient (Wildman–Crippen LogP) is 4.11. The highest BCUT2D eigenvalue weighted by molar-refractivity contribution is 6.03. The van der Waals surface area contributed by atoms with Crippen LogP contribution in [0.5, 0.6) is 0 Å². The Labute approximate surface area is 117 Å². The molecule has 1 aromatic carbocycles. The summed E-state index contributed by atoms with van der Waals surface area (Å²) < 4.78 is 0. The summed E-state index contributed by atoms with van der Waals surface area (Å²) in [5.74, 6) is 0.734. The first kappa shape index (κ1) is 15.9. The molecule has 0 unspecified atom stereocenters. The van der Waals surface area contributed by atoms with Crippen LogP contribution in [-0.2, 0) is 0 Å². The van der Waals surface area contributed by atoms with E-state index < -0.39 is 0 Å². The fraction of sp³-hybridized carbons (Fsp3) is 0.588. The average molecular weight is 261 g/mol. The number of benzene rings is 1. The smallest absolute Gasteiger partial charge is 0.183 e.